The van der Waals surface area contributed by atoms with Gasteiger partial charge in [0.2, 0.25) is 5.91 Å². The third kappa shape index (κ3) is 2.45. The van der Waals surface area contributed by atoms with Crippen molar-refractivity contribution in [2.45, 2.75) is 25.3 Å². The van der Waals surface area contributed by atoms with E-state index in [1.165, 1.54) is 0 Å². The molecule has 80 valence electrons. The molecule has 0 aromatic rings. The maximum Gasteiger partial charge on any atom is 0.224 e. The molecule has 2 rings (SSSR count). The van der Waals surface area contributed by atoms with Gasteiger partial charge >= 0.3 is 0 Å². The fourth-order valence-corrected chi connectivity index (χ4v) is 2.17. The summed E-state index contributed by atoms with van der Waals surface area (Å²) in [4.78, 5) is 11.8. The van der Waals surface area contributed by atoms with E-state index in [0.717, 1.165) is 45.4 Å². The third-order valence-corrected chi connectivity index (χ3v) is 3.07. The van der Waals surface area contributed by atoms with Crippen LogP contribution in [0.3, 0.4) is 0 Å². The number of carbonyl (C=O) groups is 1. The van der Waals surface area contributed by atoms with Crippen molar-refractivity contribution < 1.29 is 4.79 Å². The summed E-state index contributed by atoms with van der Waals surface area (Å²) < 4.78 is 0. The monoisotopic (exact) mass is 197 g/mol. The van der Waals surface area contributed by atoms with Crippen LogP contribution in [0, 0.1) is 5.92 Å². The molecule has 0 aliphatic carbocycles. The van der Waals surface area contributed by atoms with Gasteiger partial charge in [-0.1, -0.05) is 0 Å². The van der Waals surface area contributed by atoms with Crippen LogP contribution in [0.25, 0.3) is 0 Å². The summed E-state index contributed by atoms with van der Waals surface area (Å²) in [5.74, 6) is 0.440. The first kappa shape index (κ1) is 9.93. The smallest absolute Gasteiger partial charge is 0.224 e. The van der Waals surface area contributed by atoms with Crippen molar-refractivity contribution in [2.75, 3.05) is 26.2 Å². The molecule has 2 atom stereocenters. The number of hydrogen-bond donors (Lipinski definition) is 3. The Hall–Kier alpha value is -0.610. The maximum absolute atomic E-state index is 11.8. The molecule has 2 saturated heterocycles. The van der Waals surface area contributed by atoms with Crippen LogP contribution in [-0.2, 0) is 4.79 Å². The minimum atomic E-state index is 0.198. The van der Waals surface area contributed by atoms with E-state index in [9.17, 15) is 4.79 Å². The van der Waals surface area contributed by atoms with Crippen molar-refractivity contribution in [3.8, 4) is 0 Å². The molecule has 2 aliphatic heterocycles. The van der Waals surface area contributed by atoms with Crippen LogP contribution in [0.15, 0.2) is 0 Å². The van der Waals surface area contributed by atoms with Gasteiger partial charge in [0.05, 0.1) is 5.92 Å². The second-order valence-corrected chi connectivity index (χ2v) is 4.24. The van der Waals surface area contributed by atoms with Crippen LogP contribution in [-0.4, -0.2) is 38.1 Å². The third-order valence-electron chi connectivity index (χ3n) is 3.07. The summed E-state index contributed by atoms with van der Waals surface area (Å²) in [6.45, 7) is 3.89. The Kier molecular flexibility index (Phi) is 3.37. The normalized spacial score (nSPS) is 32.9. The van der Waals surface area contributed by atoms with Crippen LogP contribution in [0.5, 0.6) is 0 Å². The number of piperidine rings is 1. The SMILES string of the molecule is O=C(NC1CCNC1)[C@@H]1CCCNC1. The second kappa shape index (κ2) is 4.75. The zero-order chi connectivity index (χ0) is 9.80. The molecule has 0 radical (unpaired) electrons. The molecule has 0 bridgehead atoms. The van der Waals surface area contributed by atoms with Crippen LogP contribution in [0.2, 0.25) is 0 Å². The highest BCUT2D eigenvalue weighted by molar-refractivity contribution is 5.79. The fraction of sp³-hybridized carbons (Fsp3) is 0.900. The van der Waals surface area contributed by atoms with E-state index >= 15 is 0 Å². The molecule has 0 saturated carbocycles. The van der Waals surface area contributed by atoms with Gasteiger partial charge in [0.25, 0.3) is 0 Å². The fourth-order valence-electron chi connectivity index (χ4n) is 2.17. The van der Waals surface area contributed by atoms with Gasteiger partial charge in [0, 0.05) is 19.1 Å². The highest BCUT2D eigenvalue weighted by Crippen LogP contribution is 2.10. The summed E-state index contributed by atoms with van der Waals surface area (Å²) in [7, 11) is 0. The topological polar surface area (TPSA) is 53.2 Å². The Morgan fingerprint density at radius 2 is 2.00 bits per heavy atom. The predicted octanol–water partition coefficient (Wildman–Crippen LogP) is -0.536. The van der Waals surface area contributed by atoms with Crippen LogP contribution < -0.4 is 16.0 Å². The van der Waals surface area contributed by atoms with E-state index < -0.39 is 0 Å². The summed E-state index contributed by atoms with van der Waals surface area (Å²) in [6, 6.07) is 0.365. The molecular weight excluding hydrogens is 178 g/mol. The van der Waals surface area contributed by atoms with E-state index in [1.54, 1.807) is 0 Å². The summed E-state index contributed by atoms with van der Waals surface area (Å²) in [6.07, 6.45) is 3.24. The number of hydrogen-bond acceptors (Lipinski definition) is 3. The standard InChI is InChI=1S/C10H19N3O/c14-10(8-2-1-4-11-6-8)13-9-3-5-12-7-9/h8-9,11-12H,1-7H2,(H,13,14)/t8-,9?/m1/s1. The molecule has 0 spiro atoms. The van der Waals surface area contributed by atoms with Crippen molar-refractivity contribution in [3.63, 3.8) is 0 Å². The largest absolute Gasteiger partial charge is 0.352 e. The van der Waals surface area contributed by atoms with E-state index in [-0.39, 0.29) is 11.8 Å². The molecule has 0 aromatic carbocycles. The Balaban J connectivity index is 1.75. The van der Waals surface area contributed by atoms with Gasteiger partial charge in [-0.15, -0.1) is 0 Å². The molecule has 4 heteroatoms. The Morgan fingerprint density at radius 1 is 1.14 bits per heavy atom. The minimum absolute atomic E-state index is 0.198. The quantitative estimate of drug-likeness (QED) is 0.557. The van der Waals surface area contributed by atoms with Gasteiger partial charge in [0.15, 0.2) is 0 Å². The summed E-state index contributed by atoms with van der Waals surface area (Å²) in [5, 5.41) is 9.62. The predicted molar refractivity (Wildman–Crippen MR) is 55.0 cm³/mol. The van der Waals surface area contributed by atoms with Gasteiger partial charge in [-0.25, -0.2) is 0 Å². The highest BCUT2D eigenvalue weighted by Gasteiger charge is 2.24. The average Bonchev–Trinajstić information content (AvgIpc) is 2.72. The molecule has 3 N–H and O–H groups in total. The molecule has 2 heterocycles. The van der Waals surface area contributed by atoms with Crippen molar-refractivity contribution in [1.29, 1.82) is 0 Å². The molecule has 4 nitrogen and oxygen atoms in total. The van der Waals surface area contributed by atoms with Crippen molar-refractivity contribution in [3.05, 3.63) is 0 Å². The van der Waals surface area contributed by atoms with Gasteiger partial charge in [-0.3, -0.25) is 4.79 Å². The maximum atomic E-state index is 11.8. The van der Waals surface area contributed by atoms with E-state index in [1.807, 2.05) is 0 Å². The van der Waals surface area contributed by atoms with Gasteiger partial charge < -0.3 is 16.0 Å². The number of amides is 1. The number of rotatable bonds is 2. The molecule has 2 aliphatic rings. The zero-order valence-electron chi connectivity index (χ0n) is 8.51. The lowest BCUT2D eigenvalue weighted by Crippen LogP contribution is -2.45. The second-order valence-electron chi connectivity index (χ2n) is 4.24. The first-order valence-electron chi connectivity index (χ1n) is 5.58. The summed E-state index contributed by atoms with van der Waals surface area (Å²) >= 11 is 0. The zero-order valence-corrected chi connectivity index (χ0v) is 8.51. The summed E-state index contributed by atoms with van der Waals surface area (Å²) in [5.41, 5.74) is 0. The Bertz CT molecular complexity index is 196. The van der Waals surface area contributed by atoms with Crippen molar-refractivity contribution >= 4 is 5.91 Å². The lowest BCUT2D eigenvalue weighted by molar-refractivity contribution is -0.126. The number of nitrogens with one attached hydrogen (secondary N) is 3. The molecule has 0 aromatic heterocycles. The van der Waals surface area contributed by atoms with Gasteiger partial charge in [-0.2, -0.15) is 0 Å². The lowest BCUT2D eigenvalue weighted by Gasteiger charge is -2.23. The van der Waals surface area contributed by atoms with Gasteiger partial charge in [0.1, 0.15) is 0 Å². The lowest BCUT2D eigenvalue weighted by atomic mass is 9.98. The first-order chi connectivity index (χ1) is 6.86. The highest BCUT2D eigenvalue weighted by atomic mass is 16.2. The van der Waals surface area contributed by atoms with Crippen molar-refractivity contribution in [2.24, 2.45) is 5.92 Å². The Labute approximate surface area is 84.8 Å². The minimum Gasteiger partial charge on any atom is -0.352 e. The molecule has 1 unspecified atom stereocenters. The van der Waals surface area contributed by atoms with Crippen LogP contribution in [0.4, 0.5) is 0 Å². The molecular formula is C10H19N3O. The molecule has 14 heavy (non-hydrogen) atoms. The molecule has 2 fully saturated rings. The van der Waals surface area contributed by atoms with E-state index in [0.29, 0.717) is 6.04 Å². The van der Waals surface area contributed by atoms with E-state index in [4.69, 9.17) is 0 Å². The van der Waals surface area contributed by atoms with Gasteiger partial charge in [-0.05, 0) is 32.4 Å². The first-order valence-corrected chi connectivity index (χ1v) is 5.58. The van der Waals surface area contributed by atoms with Crippen LogP contribution in [0.1, 0.15) is 19.3 Å². The molecule has 1 amide bonds. The average molecular weight is 197 g/mol. The van der Waals surface area contributed by atoms with Crippen molar-refractivity contribution in [1.82, 2.24) is 16.0 Å². The number of carbonyl (C=O) groups excluding carboxylic acids is 1. The van der Waals surface area contributed by atoms with Crippen LogP contribution >= 0.6 is 0 Å². The Morgan fingerprint density at radius 3 is 2.64 bits per heavy atom. The van der Waals surface area contributed by atoms with E-state index in [2.05, 4.69) is 16.0 Å².